The number of aromatic nitrogens is 3. The molecule has 1 saturated carbocycles. The van der Waals surface area contributed by atoms with Crippen molar-refractivity contribution in [2.45, 2.75) is 62.4 Å². The largest absolute Gasteiger partial charge is 0.466 e. The third-order valence-electron chi connectivity index (χ3n) is 4.80. The number of rotatable bonds is 8. The first-order chi connectivity index (χ1) is 13.6. The highest BCUT2D eigenvalue weighted by molar-refractivity contribution is 7.98. The molecule has 0 spiro atoms. The van der Waals surface area contributed by atoms with Crippen LogP contribution in [0, 0.1) is 10.1 Å². The predicted octanol–water partition coefficient (Wildman–Crippen LogP) is 4.09. The smallest absolute Gasteiger partial charge is 0.313 e. The molecule has 9 heteroatoms. The second-order valence-electron chi connectivity index (χ2n) is 6.75. The van der Waals surface area contributed by atoms with E-state index in [1.807, 2.05) is 0 Å². The van der Waals surface area contributed by atoms with Gasteiger partial charge in [0.25, 0.3) is 5.69 Å². The summed E-state index contributed by atoms with van der Waals surface area (Å²) in [7, 11) is 0. The number of nitro groups is 1. The Labute approximate surface area is 167 Å². The number of benzene rings is 1. The van der Waals surface area contributed by atoms with Crippen LogP contribution in [0.15, 0.2) is 29.4 Å². The summed E-state index contributed by atoms with van der Waals surface area (Å²) in [6.07, 6.45) is 5.78. The highest BCUT2D eigenvalue weighted by Gasteiger charge is 2.24. The van der Waals surface area contributed by atoms with Gasteiger partial charge in [0.1, 0.15) is 12.2 Å². The molecule has 1 aromatic carbocycles. The van der Waals surface area contributed by atoms with E-state index in [0.717, 1.165) is 36.4 Å². The van der Waals surface area contributed by atoms with E-state index in [-0.39, 0.29) is 18.1 Å². The van der Waals surface area contributed by atoms with Crippen LogP contribution in [-0.4, -0.2) is 32.3 Å². The van der Waals surface area contributed by atoms with Crippen molar-refractivity contribution in [3.05, 3.63) is 45.8 Å². The molecule has 1 aromatic heterocycles. The van der Waals surface area contributed by atoms with Crippen molar-refractivity contribution in [1.29, 1.82) is 0 Å². The topological polar surface area (TPSA) is 100 Å². The van der Waals surface area contributed by atoms with Crippen LogP contribution in [0.25, 0.3) is 0 Å². The van der Waals surface area contributed by atoms with E-state index in [0.29, 0.717) is 24.2 Å². The quantitative estimate of drug-likeness (QED) is 0.283. The average molecular weight is 404 g/mol. The summed E-state index contributed by atoms with van der Waals surface area (Å²) in [5.74, 6) is 0.984. The van der Waals surface area contributed by atoms with E-state index in [9.17, 15) is 14.9 Å². The fraction of sp³-hybridized carbons (Fsp3) is 0.526. The minimum atomic E-state index is -0.404. The fourth-order valence-electron chi connectivity index (χ4n) is 3.44. The highest BCUT2D eigenvalue weighted by atomic mass is 32.2. The molecule has 0 atom stereocenters. The van der Waals surface area contributed by atoms with E-state index in [1.54, 1.807) is 19.1 Å². The molecule has 0 N–H and O–H groups in total. The van der Waals surface area contributed by atoms with Gasteiger partial charge < -0.3 is 9.30 Å². The van der Waals surface area contributed by atoms with Crippen LogP contribution in [0.3, 0.4) is 0 Å². The number of carbonyl (C=O) groups excluding carboxylic acids is 1. The Morgan fingerprint density at radius 3 is 2.61 bits per heavy atom. The lowest BCUT2D eigenvalue weighted by molar-refractivity contribution is -0.384. The Morgan fingerprint density at radius 2 is 1.96 bits per heavy atom. The number of nitrogens with zero attached hydrogens (tertiary/aromatic N) is 4. The molecule has 0 bridgehead atoms. The van der Waals surface area contributed by atoms with Gasteiger partial charge in [0.2, 0.25) is 0 Å². The van der Waals surface area contributed by atoms with Crippen molar-refractivity contribution in [1.82, 2.24) is 14.8 Å². The first-order valence-corrected chi connectivity index (χ1v) is 10.5. The zero-order valence-electron chi connectivity index (χ0n) is 15.9. The molecule has 2 aromatic rings. The van der Waals surface area contributed by atoms with E-state index in [1.165, 1.54) is 30.3 Å². The van der Waals surface area contributed by atoms with Crippen molar-refractivity contribution in [2.75, 3.05) is 6.61 Å². The minimum Gasteiger partial charge on any atom is -0.466 e. The van der Waals surface area contributed by atoms with E-state index in [4.69, 9.17) is 4.74 Å². The summed E-state index contributed by atoms with van der Waals surface area (Å²) in [6, 6.07) is 6.83. The fourth-order valence-corrected chi connectivity index (χ4v) is 4.42. The predicted molar refractivity (Wildman–Crippen MR) is 105 cm³/mol. The van der Waals surface area contributed by atoms with Crippen molar-refractivity contribution in [2.24, 2.45) is 0 Å². The van der Waals surface area contributed by atoms with Crippen LogP contribution in [0.2, 0.25) is 0 Å². The van der Waals surface area contributed by atoms with Gasteiger partial charge in [-0.25, -0.2) is 0 Å². The molecule has 1 aliphatic rings. The first-order valence-electron chi connectivity index (χ1n) is 9.54. The molecule has 1 aliphatic carbocycles. The molecule has 150 valence electrons. The maximum absolute atomic E-state index is 12.0. The zero-order chi connectivity index (χ0) is 19.9. The number of non-ortho nitro benzene ring substituents is 1. The summed E-state index contributed by atoms with van der Waals surface area (Å²) in [5, 5.41) is 20.2. The van der Waals surface area contributed by atoms with Gasteiger partial charge in [-0.15, -0.1) is 10.2 Å². The van der Waals surface area contributed by atoms with Crippen LogP contribution in [0.4, 0.5) is 5.69 Å². The van der Waals surface area contributed by atoms with Crippen molar-refractivity contribution in [3.63, 3.8) is 0 Å². The molecule has 0 radical (unpaired) electrons. The van der Waals surface area contributed by atoms with Gasteiger partial charge in [-0.05, 0) is 25.3 Å². The average Bonchev–Trinajstić information content (AvgIpc) is 3.09. The molecule has 0 saturated heterocycles. The molecule has 1 fully saturated rings. The van der Waals surface area contributed by atoms with Crippen LogP contribution in [0.5, 0.6) is 0 Å². The lowest BCUT2D eigenvalue weighted by atomic mass is 9.95. The van der Waals surface area contributed by atoms with Gasteiger partial charge in [0.15, 0.2) is 5.16 Å². The molecule has 0 unspecified atom stereocenters. The van der Waals surface area contributed by atoms with Crippen molar-refractivity contribution < 1.29 is 14.5 Å². The third kappa shape index (κ3) is 5.09. The molecular formula is C19H24N4O4S. The van der Waals surface area contributed by atoms with Gasteiger partial charge in [0, 0.05) is 23.9 Å². The van der Waals surface area contributed by atoms with Crippen LogP contribution >= 0.6 is 11.8 Å². The molecular weight excluding hydrogens is 380 g/mol. The Kier molecular flexibility index (Phi) is 7.02. The van der Waals surface area contributed by atoms with Gasteiger partial charge in [0.05, 0.1) is 11.5 Å². The lowest BCUT2D eigenvalue weighted by Gasteiger charge is -2.25. The number of hydrogen-bond donors (Lipinski definition) is 0. The van der Waals surface area contributed by atoms with E-state index in [2.05, 4.69) is 14.8 Å². The van der Waals surface area contributed by atoms with Crippen LogP contribution in [-0.2, 0) is 21.7 Å². The normalized spacial score (nSPS) is 14.8. The molecule has 0 aliphatic heterocycles. The monoisotopic (exact) mass is 404 g/mol. The SMILES string of the molecule is CCOC(=O)Cc1nnc(SCc2ccc([N+](=O)[O-])cc2)n1C1CCCCC1. The first kappa shape index (κ1) is 20.3. The maximum Gasteiger partial charge on any atom is 0.313 e. The second kappa shape index (κ2) is 9.68. The van der Waals surface area contributed by atoms with Crippen molar-refractivity contribution in [3.8, 4) is 0 Å². The molecule has 0 amide bonds. The van der Waals surface area contributed by atoms with Gasteiger partial charge in [-0.2, -0.15) is 0 Å². The van der Waals surface area contributed by atoms with Gasteiger partial charge >= 0.3 is 5.97 Å². The summed E-state index contributed by atoms with van der Waals surface area (Å²) in [6.45, 7) is 2.13. The number of ether oxygens (including phenoxy) is 1. The Bertz CT molecular complexity index is 816. The molecule has 3 rings (SSSR count). The van der Waals surface area contributed by atoms with E-state index >= 15 is 0 Å². The van der Waals surface area contributed by atoms with Gasteiger partial charge in [-0.1, -0.05) is 43.2 Å². The lowest BCUT2D eigenvalue weighted by Crippen LogP contribution is -2.19. The molecule has 1 heterocycles. The summed E-state index contributed by atoms with van der Waals surface area (Å²) in [4.78, 5) is 22.3. The summed E-state index contributed by atoms with van der Waals surface area (Å²) in [5.41, 5.74) is 1.05. The molecule has 8 nitrogen and oxygen atoms in total. The van der Waals surface area contributed by atoms with Crippen LogP contribution in [0.1, 0.15) is 56.5 Å². The Balaban J connectivity index is 1.76. The number of esters is 1. The minimum absolute atomic E-state index is 0.0795. The van der Waals surface area contributed by atoms with Crippen LogP contribution < -0.4 is 0 Å². The maximum atomic E-state index is 12.0. The van der Waals surface area contributed by atoms with Crippen molar-refractivity contribution >= 4 is 23.4 Å². The third-order valence-corrected chi connectivity index (χ3v) is 5.81. The second-order valence-corrected chi connectivity index (χ2v) is 7.70. The number of carbonyl (C=O) groups is 1. The Morgan fingerprint density at radius 1 is 1.25 bits per heavy atom. The Hall–Kier alpha value is -2.42. The highest BCUT2D eigenvalue weighted by Crippen LogP contribution is 2.33. The van der Waals surface area contributed by atoms with Gasteiger partial charge in [-0.3, -0.25) is 14.9 Å². The summed E-state index contributed by atoms with van der Waals surface area (Å²) >= 11 is 1.54. The standard InChI is InChI=1S/C19H24N4O4S/c1-2-27-18(24)12-17-20-21-19(22(17)15-6-4-3-5-7-15)28-13-14-8-10-16(11-9-14)23(25)26/h8-11,15H,2-7,12-13H2,1H3. The summed E-state index contributed by atoms with van der Waals surface area (Å²) < 4.78 is 7.18. The van der Waals surface area contributed by atoms with E-state index < -0.39 is 4.92 Å². The number of hydrogen-bond acceptors (Lipinski definition) is 7. The number of thioether (sulfide) groups is 1. The molecule has 28 heavy (non-hydrogen) atoms. The zero-order valence-corrected chi connectivity index (χ0v) is 16.7. The number of nitro benzene ring substituents is 1.